The Hall–Kier alpha value is -6.42. The number of hydrogen-bond acceptors (Lipinski definition) is 10. The number of rotatable bonds is 10. The summed E-state index contributed by atoms with van der Waals surface area (Å²) in [6.45, 7) is 0. The molecular weight excluding hydrogens is 592 g/mol. The highest BCUT2D eigenvalue weighted by Gasteiger charge is 2.15. The van der Waals surface area contributed by atoms with E-state index in [2.05, 4.69) is 0 Å². The Kier molecular flexibility index (Phi) is 9.69. The monoisotopic (exact) mass is 618 g/mol. The molecule has 46 heavy (non-hydrogen) atoms. The van der Waals surface area contributed by atoms with Gasteiger partial charge < -0.3 is 28.4 Å². The topological polar surface area (TPSA) is 124 Å². The Morgan fingerprint density at radius 1 is 0.348 bits per heavy atom. The summed E-state index contributed by atoms with van der Waals surface area (Å²) in [6.07, 6.45) is 0. The van der Waals surface area contributed by atoms with Crippen LogP contribution in [0.3, 0.4) is 0 Å². The molecule has 5 aromatic rings. The van der Waals surface area contributed by atoms with Gasteiger partial charge in [-0.05, 0) is 109 Å². The van der Waals surface area contributed by atoms with Crippen LogP contribution in [0.15, 0.2) is 121 Å². The zero-order valence-electron chi connectivity index (χ0n) is 24.6. The molecule has 0 aliphatic rings. The summed E-state index contributed by atoms with van der Waals surface area (Å²) in [5.41, 5.74) is 1.10. The lowest BCUT2D eigenvalue weighted by molar-refractivity contribution is 0.0723. The molecule has 0 aliphatic carbocycles. The molecule has 0 aromatic heterocycles. The Labute approximate surface area is 263 Å². The first-order valence-electron chi connectivity index (χ1n) is 13.8. The van der Waals surface area contributed by atoms with Crippen LogP contribution in [0.5, 0.6) is 34.5 Å². The molecule has 0 aliphatic heterocycles. The maximum Gasteiger partial charge on any atom is 0.343 e. The van der Waals surface area contributed by atoms with E-state index in [1.165, 1.54) is 80.9 Å². The standard InChI is InChI=1S/C36H26O10/c1-41-27-14-6-23(7-15-27)33(37)43-29-18-10-25(11-19-29)35(39)45-31-4-3-5-32(22-31)46-36(40)26-12-20-30(21-13-26)44-34(38)24-8-16-28(42-2)17-9-24/h3-22H,1-2H3. The van der Waals surface area contributed by atoms with Crippen LogP contribution in [0, 0.1) is 0 Å². The largest absolute Gasteiger partial charge is 0.497 e. The molecule has 0 unspecified atom stereocenters. The quantitative estimate of drug-likeness (QED) is 0.125. The second-order valence-electron chi connectivity index (χ2n) is 9.54. The minimum atomic E-state index is -0.670. The number of hydrogen-bond donors (Lipinski definition) is 0. The van der Waals surface area contributed by atoms with Crippen molar-refractivity contribution < 1.29 is 47.6 Å². The van der Waals surface area contributed by atoms with Gasteiger partial charge in [-0.1, -0.05) is 6.07 Å². The molecule has 0 saturated carbocycles. The Balaban J connectivity index is 1.14. The lowest BCUT2D eigenvalue weighted by atomic mass is 10.2. The molecule has 10 nitrogen and oxygen atoms in total. The van der Waals surface area contributed by atoms with E-state index in [9.17, 15) is 19.2 Å². The molecule has 0 radical (unpaired) electrons. The van der Waals surface area contributed by atoms with Crippen LogP contribution in [0.25, 0.3) is 0 Å². The molecule has 0 bridgehead atoms. The van der Waals surface area contributed by atoms with Crippen molar-refractivity contribution in [2.75, 3.05) is 14.2 Å². The highest BCUT2D eigenvalue weighted by atomic mass is 16.6. The lowest BCUT2D eigenvalue weighted by Crippen LogP contribution is -2.11. The predicted octanol–water partition coefficient (Wildman–Crippen LogP) is 6.58. The summed E-state index contributed by atoms with van der Waals surface area (Å²) < 4.78 is 31.8. The van der Waals surface area contributed by atoms with Crippen molar-refractivity contribution in [3.63, 3.8) is 0 Å². The van der Waals surface area contributed by atoms with Crippen LogP contribution < -0.4 is 28.4 Å². The maximum atomic E-state index is 12.7. The van der Waals surface area contributed by atoms with E-state index in [4.69, 9.17) is 28.4 Å². The number of esters is 4. The number of benzene rings is 5. The third-order valence-electron chi connectivity index (χ3n) is 6.48. The van der Waals surface area contributed by atoms with Crippen molar-refractivity contribution in [3.05, 3.63) is 144 Å². The predicted molar refractivity (Wildman–Crippen MR) is 165 cm³/mol. The van der Waals surface area contributed by atoms with Gasteiger partial charge in [0.1, 0.15) is 34.5 Å². The van der Waals surface area contributed by atoms with Gasteiger partial charge in [0.2, 0.25) is 0 Å². The van der Waals surface area contributed by atoms with Gasteiger partial charge in [-0.25, -0.2) is 19.2 Å². The second kappa shape index (κ2) is 14.4. The number of ether oxygens (including phenoxy) is 6. The fourth-order valence-corrected chi connectivity index (χ4v) is 4.04. The molecule has 0 N–H and O–H groups in total. The number of methoxy groups -OCH3 is 2. The SMILES string of the molecule is COc1ccc(C(=O)Oc2ccc(C(=O)Oc3cccc(OC(=O)c4ccc(OC(=O)c5ccc(OC)cc5)cc4)c3)cc2)cc1. The van der Waals surface area contributed by atoms with E-state index in [0.717, 1.165) is 0 Å². The second-order valence-corrected chi connectivity index (χ2v) is 9.54. The van der Waals surface area contributed by atoms with E-state index < -0.39 is 23.9 Å². The molecule has 5 aromatic carbocycles. The van der Waals surface area contributed by atoms with Gasteiger partial charge in [-0.15, -0.1) is 0 Å². The summed E-state index contributed by atoms with van der Waals surface area (Å²) >= 11 is 0. The van der Waals surface area contributed by atoms with Crippen molar-refractivity contribution in [3.8, 4) is 34.5 Å². The smallest absolute Gasteiger partial charge is 0.343 e. The molecule has 0 fully saturated rings. The fourth-order valence-electron chi connectivity index (χ4n) is 4.04. The van der Waals surface area contributed by atoms with Crippen molar-refractivity contribution in [2.24, 2.45) is 0 Å². The molecule has 230 valence electrons. The van der Waals surface area contributed by atoms with Gasteiger partial charge in [-0.3, -0.25) is 0 Å². The van der Waals surface area contributed by atoms with Crippen LogP contribution >= 0.6 is 0 Å². The van der Waals surface area contributed by atoms with Gasteiger partial charge in [0, 0.05) is 6.07 Å². The summed E-state index contributed by atoms with van der Waals surface area (Å²) in [5.74, 6) is -0.460. The molecule has 0 saturated heterocycles. The van der Waals surface area contributed by atoms with E-state index in [1.54, 1.807) is 54.6 Å². The minimum Gasteiger partial charge on any atom is -0.497 e. The number of carbonyl (C=O) groups is 4. The summed E-state index contributed by atoms with van der Waals surface area (Å²) in [4.78, 5) is 50.2. The van der Waals surface area contributed by atoms with Gasteiger partial charge in [0.05, 0.1) is 36.5 Å². The highest BCUT2D eigenvalue weighted by molar-refractivity contribution is 5.94. The fraction of sp³-hybridized carbons (Fsp3) is 0.0556. The molecule has 0 atom stereocenters. The van der Waals surface area contributed by atoms with Gasteiger partial charge in [0.15, 0.2) is 0 Å². The third kappa shape index (κ3) is 7.94. The van der Waals surface area contributed by atoms with E-state index in [1.807, 2.05) is 0 Å². The van der Waals surface area contributed by atoms with Crippen LogP contribution in [0.2, 0.25) is 0 Å². The normalized spacial score (nSPS) is 10.3. The van der Waals surface area contributed by atoms with Crippen molar-refractivity contribution in [2.45, 2.75) is 0 Å². The average Bonchev–Trinajstić information content (AvgIpc) is 3.09. The molecular formula is C36H26O10. The molecule has 0 heterocycles. The maximum absolute atomic E-state index is 12.7. The first-order chi connectivity index (χ1) is 22.3. The molecule has 5 rings (SSSR count). The molecule has 0 spiro atoms. The Morgan fingerprint density at radius 3 is 0.891 bits per heavy atom. The van der Waals surface area contributed by atoms with E-state index in [0.29, 0.717) is 22.6 Å². The third-order valence-corrected chi connectivity index (χ3v) is 6.48. The van der Waals surface area contributed by atoms with Gasteiger partial charge in [-0.2, -0.15) is 0 Å². The van der Waals surface area contributed by atoms with Crippen molar-refractivity contribution in [1.82, 2.24) is 0 Å². The molecule has 10 heteroatoms. The zero-order valence-corrected chi connectivity index (χ0v) is 24.6. The van der Waals surface area contributed by atoms with Crippen molar-refractivity contribution in [1.29, 1.82) is 0 Å². The van der Waals surface area contributed by atoms with Crippen molar-refractivity contribution >= 4 is 23.9 Å². The van der Waals surface area contributed by atoms with Crippen LogP contribution in [-0.2, 0) is 0 Å². The first kappa shape index (κ1) is 31.0. The van der Waals surface area contributed by atoms with Crippen LogP contribution in [0.4, 0.5) is 0 Å². The Bertz CT molecular complexity index is 1710. The summed E-state index contributed by atoms with van der Waals surface area (Å²) in [7, 11) is 3.06. The minimum absolute atomic E-state index is 0.145. The van der Waals surface area contributed by atoms with Crippen LogP contribution in [-0.4, -0.2) is 38.1 Å². The van der Waals surface area contributed by atoms with E-state index >= 15 is 0 Å². The molecule has 0 amide bonds. The summed E-state index contributed by atoms with van der Waals surface area (Å²) in [6, 6.07) is 30.7. The van der Waals surface area contributed by atoms with E-state index in [-0.39, 0.29) is 34.1 Å². The summed E-state index contributed by atoms with van der Waals surface area (Å²) in [5, 5.41) is 0. The zero-order chi connectivity index (χ0) is 32.5. The first-order valence-corrected chi connectivity index (χ1v) is 13.8. The average molecular weight is 619 g/mol. The Morgan fingerprint density at radius 2 is 0.609 bits per heavy atom. The lowest BCUT2D eigenvalue weighted by Gasteiger charge is -2.09. The van der Waals surface area contributed by atoms with Crippen LogP contribution in [0.1, 0.15) is 41.4 Å². The highest BCUT2D eigenvalue weighted by Crippen LogP contribution is 2.24. The van der Waals surface area contributed by atoms with Gasteiger partial charge >= 0.3 is 23.9 Å². The number of carbonyl (C=O) groups excluding carboxylic acids is 4. The van der Waals surface area contributed by atoms with Gasteiger partial charge in [0.25, 0.3) is 0 Å².